The molecule has 144 valence electrons. The van der Waals surface area contributed by atoms with Gasteiger partial charge in [-0.05, 0) is 29.3 Å². The number of allylic oxidation sites excluding steroid dienone is 2. The van der Waals surface area contributed by atoms with Gasteiger partial charge in [0.1, 0.15) is 0 Å². The van der Waals surface area contributed by atoms with Crippen molar-refractivity contribution >= 4 is 23.2 Å². The van der Waals surface area contributed by atoms with Crippen LogP contribution in [0.25, 0.3) is 23.2 Å². The first-order valence-electron chi connectivity index (χ1n) is 9.38. The largest absolute Gasteiger partial charge is 0.323 e. The summed E-state index contributed by atoms with van der Waals surface area (Å²) in [6, 6.07) is 10.9. The first kappa shape index (κ1) is 22.0. The second kappa shape index (κ2) is 11.5. The van der Waals surface area contributed by atoms with E-state index in [1.165, 1.54) is 0 Å². The SMILES string of the molecule is CC.CC.CC1C=CC=c2ccc(=O)[nH]c2=C1.O=c1[nH]c2ccccc2[nH]1. The molecule has 0 saturated heterocycles. The van der Waals surface area contributed by atoms with Crippen LogP contribution in [0.2, 0.25) is 0 Å². The van der Waals surface area contributed by atoms with Crippen molar-refractivity contribution in [2.75, 3.05) is 0 Å². The van der Waals surface area contributed by atoms with E-state index in [2.05, 4.69) is 34.0 Å². The van der Waals surface area contributed by atoms with Crippen LogP contribution in [0.5, 0.6) is 0 Å². The topological polar surface area (TPSA) is 81.5 Å². The molecule has 0 saturated carbocycles. The Morgan fingerprint density at radius 3 is 2.00 bits per heavy atom. The maximum absolute atomic E-state index is 11.1. The second-order valence-corrected chi connectivity index (χ2v) is 5.39. The fraction of sp³-hybridized carbons (Fsp3) is 0.273. The fourth-order valence-corrected chi connectivity index (χ4v) is 2.41. The van der Waals surface area contributed by atoms with Crippen LogP contribution >= 0.6 is 0 Å². The number of para-hydroxylation sites is 2. The van der Waals surface area contributed by atoms with E-state index in [-0.39, 0.29) is 11.2 Å². The average Bonchev–Trinajstić information content (AvgIpc) is 2.97. The Morgan fingerprint density at radius 1 is 0.815 bits per heavy atom. The van der Waals surface area contributed by atoms with E-state index in [9.17, 15) is 9.59 Å². The molecule has 2 heterocycles. The molecule has 3 N–H and O–H groups in total. The van der Waals surface area contributed by atoms with Crippen LogP contribution in [0.3, 0.4) is 0 Å². The van der Waals surface area contributed by atoms with E-state index in [4.69, 9.17) is 0 Å². The van der Waals surface area contributed by atoms with Crippen molar-refractivity contribution < 1.29 is 0 Å². The Balaban J connectivity index is 0.000000233. The predicted molar refractivity (Wildman–Crippen MR) is 115 cm³/mol. The van der Waals surface area contributed by atoms with Gasteiger partial charge in [0.05, 0.1) is 11.0 Å². The molecule has 1 aliphatic rings. The lowest BCUT2D eigenvalue weighted by Gasteiger charge is -1.93. The maximum atomic E-state index is 11.1. The third-order valence-corrected chi connectivity index (χ3v) is 3.53. The molecule has 3 aromatic rings. The summed E-state index contributed by atoms with van der Waals surface area (Å²) < 4.78 is 0. The maximum Gasteiger partial charge on any atom is 0.323 e. The fourth-order valence-electron chi connectivity index (χ4n) is 2.41. The number of hydrogen-bond acceptors (Lipinski definition) is 2. The summed E-state index contributed by atoms with van der Waals surface area (Å²) >= 11 is 0. The van der Waals surface area contributed by atoms with Gasteiger partial charge in [0.25, 0.3) is 0 Å². The number of benzene rings is 1. The zero-order valence-electron chi connectivity index (χ0n) is 16.7. The number of rotatable bonds is 0. The summed E-state index contributed by atoms with van der Waals surface area (Å²) in [5.74, 6) is 0.371. The van der Waals surface area contributed by atoms with Crippen LogP contribution in [0.15, 0.2) is 58.1 Å². The van der Waals surface area contributed by atoms with E-state index in [1.54, 1.807) is 6.07 Å². The molecule has 0 bridgehead atoms. The predicted octanol–water partition coefficient (Wildman–Crippen LogP) is 3.05. The van der Waals surface area contributed by atoms with Gasteiger partial charge < -0.3 is 15.0 Å². The second-order valence-electron chi connectivity index (χ2n) is 5.39. The van der Waals surface area contributed by atoms with Crippen molar-refractivity contribution in [1.82, 2.24) is 15.0 Å². The molecule has 5 heteroatoms. The summed E-state index contributed by atoms with van der Waals surface area (Å²) in [4.78, 5) is 29.8. The Morgan fingerprint density at radius 2 is 1.41 bits per heavy atom. The van der Waals surface area contributed by atoms with Crippen molar-refractivity contribution in [3.05, 3.63) is 80.0 Å². The smallest absolute Gasteiger partial charge is 0.322 e. The number of aromatic amines is 3. The zero-order chi connectivity index (χ0) is 20.2. The van der Waals surface area contributed by atoms with E-state index >= 15 is 0 Å². The minimum atomic E-state index is -0.152. The van der Waals surface area contributed by atoms with Crippen molar-refractivity contribution in [3.63, 3.8) is 0 Å². The normalized spacial score (nSPS) is 13.7. The molecule has 1 aromatic carbocycles. The molecule has 2 aromatic heterocycles. The summed E-state index contributed by atoms with van der Waals surface area (Å²) in [7, 11) is 0. The summed E-state index contributed by atoms with van der Waals surface area (Å²) in [6.45, 7) is 10.1. The van der Waals surface area contributed by atoms with E-state index in [0.29, 0.717) is 5.92 Å². The van der Waals surface area contributed by atoms with Crippen LogP contribution in [-0.2, 0) is 0 Å². The Labute approximate surface area is 159 Å². The van der Waals surface area contributed by atoms with Crippen molar-refractivity contribution in [1.29, 1.82) is 0 Å². The molecule has 1 aliphatic carbocycles. The van der Waals surface area contributed by atoms with E-state index in [0.717, 1.165) is 21.6 Å². The molecular weight excluding hydrogens is 338 g/mol. The first-order chi connectivity index (χ1) is 13.1. The average molecular weight is 367 g/mol. The van der Waals surface area contributed by atoms with Crippen LogP contribution in [0.4, 0.5) is 0 Å². The van der Waals surface area contributed by atoms with Crippen molar-refractivity contribution in [2.24, 2.45) is 5.92 Å². The zero-order valence-corrected chi connectivity index (χ0v) is 16.7. The lowest BCUT2D eigenvalue weighted by atomic mass is 10.1. The highest BCUT2D eigenvalue weighted by Gasteiger charge is 1.95. The molecule has 4 rings (SSSR count). The van der Waals surface area contributed by atoms with Gasteiger partial charge in [0, 0.05) is 11.4 Å². The lowest BCUT2D eigenvalue weighted by Crippen LogP contribution is -2.33. The Bertz CT molecular complexity index is 1050. The first-order valence-corrected chi connectivity index (χ1v) is 9.38. The number of nitrogens with one attached hydrogen (secondary N) is 3. The van der Waals surface area contributed by atoms with Crippen molar-refractivity contribution in [2.45, 2.75) is 34.6 Å². The summed E-state index contributed by atoms with van der Waals surface area (Å²) in [6.07, 6.45) is 8.17. The molecule has 0 aliphatic heterocycles. The van der Waals surface area contributed by atoms with Crippen molar-refractivity contribution in [3.8, 4) is 0 Å². The number of hydrogen-bond donors (Lipinski definition) is 3. The van der Waals surface area contributed by atoms with E-state index < -0.39 is 0 Å². The number of fused-ring (bicyclic) bond motifs is 2. The highest BCUT2D eigenvalue weighted by molar-refractivity contribution is 5.73. The summed E-state index contributed by atoms with van der Waals surface area (Å²) in [5, 5.41) is 1.99. The molecular formula is C22H29N3O2. The molecule has 1 atom stereocenters. The number of pyridine rings is 1. The minimum Gasteiger partial charge on any atom is -0.322 e. The van der Waals surface area contributed by atoms with Gasteiger partial charge in [-0.3, -0.25) is 4.79 Å². The Kier molecular flexibility index (Phi) is 9.37. The van der Waals surface area contributed by atoms with Gasteiger partial charge in [-0.1, -0.05) is 71.1 Å². The monoisotopic (exact) mass is 367 g/mol. The van der Waals surface area contributed by atoms with Gasteiger partial charge in [0.2, 0.25) is 5.56 Å². The summed E-state index contributed by atoms with van der Waals surface area (Å²) in [5.41, 5.74) is 1.51. The molecule has 0 spiro atoms. The van der Waals surface area contributed by atoms with Crippen LogP contribution in [-0.4, -0.2) is 15.0 Å². The van der Waals surface area contributed by atoms with Gasteiger partial charge in [-0.2, -0.15) is 0 Å². The number of H-pyrrole nitrogens is 3. The molecule has 5 nitrogen and oxygen atoms in total. The molecule has 0 radical (unpaired) electrons. The quantitative estimate of drug-likeness (QED) is 0.571. The minimum absolute atomic E-state index is 0.0440. The van der Waals surface area contributed by atoms with Gasteiger partial charge in [0.15, 0.2) is 0 Å². The lowest BCUT2D eigenvalue weighted by molar-refractivity contribution is 0.985. The van der Waals surface area contributed by atoms with Crippen LogP contribution < -0.4 is 21.8 Å². The molecule has 0 fully saturated rings. The highest BCUT2D eigenvalue weighted by Crippen LogP contribution is 2.03. The van der Waals surface area contributed by atoms with Crippen LogP contribution in [0, 0.1) is 5.92 Å². The van der Waals surface area contributed by atoms with Crippen LogP contribution in [0.1, 0.15) is 34.6 Å². The molecule has 27 heavy (non-hydrogen) atoms. The van der Waals surface area contributed by atoms with E-state index in [1.807, 2.05) is 70.2 Å². The third-order valence-electron chi connectivity index (χ3n) is 3.53. The van der Waals surface area contributed by atoms with Gasteiger partial charge >= 0.3 is 5.69 Å². The molecule has 1 unspecified atom stereocenters. The Hall–Kier alpha value is -3.08. The highest BCUT2D eigenvalue weighted by atomic mass is 16.1. The molecule has 0 amide bonds. The van der Waals surface area contributed by atoms with Gasteiger partial charge in [-0.15, -0.1) is 0 Å². The number of imidazole rings is 1. The standard InChI is InChI=1S/C11H11NO.C7H6N2O.2C2H6/c1-8-3-2-4-9-5-6-11(13)12-10(9)7-8;10-7-8-5-3-1-2-4-6(5)9-7;2*1-2/h2-8H,1H3,(H,12,13);1-4H,(H2,8,9,10);2*1-2H3. The third kappa shape index (κ3) is 6.62. The van der Waals surface area contributed by atoms with Gasteiger partial charge in [-0.25, -0.2) is 4.79 Å². The number of aromatic nitrogens is 3.